The van der Waals surface area contributed by atoms with Gasteiger partial charge in [-0.2, -0.15) is 0 Å². The van der Waals surface area contributed by atoms with Crippen molar-refractivity contribution in [2.24, 2.45) is 0 Å². The van der Waals surface area contributed by atoms with Crippen molar-refractivity contribution in [3.8, 4) is 0 Å². The Bertz CT molecular complexity index is 1300. The van der Waals surface area contributed by atoms with Gasteiger partial charge < -0.3 is 10.2 Å². The monoisotopic (exact) mass is 511 g/mol. The number of rotatable bonds is 10. The molecule has 0 aliphatic rings. The highest BCUT2D eigenvalue weighted by atomic mass is 32.2. The predicted molar refractivity (Wildman–Crippen MR) is 137 cm³/mol. The molecule has 0 bridgehead atoms. The number of benzene rings is 3. The number of para-hydroxylation sites is 1. The molecule has 3 aromatic rings. The summed E-state index contributed by atoms with van der Waals surface area (Å²) in [4.78, 5) is 27.7. The van der Waals surface area contributed by atoms with Crippen molar-refractivity contribution in [1.29, 1.82) is 0 Å². The number of carbonyl (C=O) groups excluding carboxylic acids is 2. The van der Waals surface area contributed by atoms with Crippen LogP contribution in [-0.4, -0.2) is 44.8 Å². The average molecular weight is 512 g/mol. The highest BCUT2D eigenvalue weighted by molar-refractivity contribution is 7.92. The number of hydrogen-bond donors (Lipinski definition) is 1. The van der Waals surface area contributed by atoms with Gasteiger partial charge in [-0.25, -0.2) is 12.8 Å². The van der Waals surface area contributed by atoms with Crippen LogP contribution in [0, 0.1) is 12.7 Å². The van der Waals surface area contributed by atoms with E-state index < -0.39 is 34.3 Å². The van der Waals surface area contributed by atoms with Crippen LogP contribution in [0.15, 0.2) is 83.8 Å². The molecule has 0 saturated heterocycles. The molecular formula is C27H30FN3O4S. The first-order chi connectivity index (χ1) is 17.2. The van der Waals surface area contributed by atoms with E-state index in [1.807, 2.05) is 31.2 Å². The summed E-state index contributed by atoms with van der Waals surface area (Å²) < 4.78 is 41.6. The van der Waals surface area contributed by atoms with Crippen molar-refractivity contribution in [3.63, 3.8) is 0 Å². The molecule has 1 N–H and O–H groups in total. The second-order valence-electron chi connectivity index (χ2n) is 8.35. The molecule has 0 fully saturated rings. The Morgan fingerprint density at radius 2 is 1.64 bits per heavy atom. The van der Waals surface area contributed by atoms with Gasteiger partial charge in [0.15, 0.2) is 0 Å². The second-order valence-corrected chi connectivity index (χ2v) is 10.2. The number of aryl methyl sites for hydroxylation is 1. The summed E-state index contributed by atoms with van der Waals surface area (Å²) in [5.41, 5.74) is 2.09. The Kier molecular flexibility index (Phi) is 8.82. The van der Waals surface area contributed by atoms with Gasteiger partial charge in [0, 0.05) is 13.6 Å². The van der Waals surface area contributed by atoms with Crippen LogP contribution in [0.5, 0.6) is 0 Å². The predicted octanol–water partition coefficient (Wildman–Crippen LogP) is 3.88. The largest absolute Gasteiger partial charge is 0.357 e. The van der Waals surface area contributed by atoms with Gasteiger partial charge in [-0.15, -0.1) is 0 Å². The fourth-order valence-corrected chi connectivity index (χ4v) is 5.36. The van der Waals surface area contributed by atoms with Crippen molar-refractivity contribution >= 4 is 27.5 Å². The summed E-state index contributed by atoms with van der Waals surface area (Å²) in [5, 5.41) is 2.59. The Balaban J connectivity index is 2.03. The Morgan fingerprint density at radius 1 is 0.972 bits per heavy atom. The van der Waals surface area contributed by atoms with E-state index in [1.54, 1.807) is 37.3 Å². The maximum Gasteiger partial charge on any atom is 0.264 e. The number of nitrogens with zero attached hydrogens (tertiary/aromatic N) is 2. The molecule has 0 radical (unpaired) electrons. The fraction of sp³-hybridized carbons (Fsp3) is 0.259. The molecule has 0 aliphatic carbocycles. The number of amides is 2. The van der Waals surface area contributed by atoms with Crippen molar-refractivity contribution in [3.05, 3.63) is 95.8 Å². The van der Waals surface area contributed by atoms with Crippen molar-refractivity contribution < 1.29 is 22.4 Å². The summed E-state index contributed by atoms with van der Waals surface area (Å²) >= 11 is 0. The first-order valence-electron chi connectivity index (χ1n) is 11.6. The molecule has 3 aromatic carbocycles. The van der Waals surface area contributed by atoms with Crippen LogP contribution >= 0.6 is 0 Å². The molecule has 9 heteroatoms. The van der Waals surface area contributed by atoms with Crippen LogP contribution in [0.3, 0.4) is 0 Å². The van der Waals surface area contributed by atoms with Gasteiger partial charge in [0.05, 0.1) is 10.6 Å². The summed E-state index contributed by atoms with van der Waals surface area (Å²) in [6.45, 7) is 3.31. The van der Waals surface area contributed by atoms with Crippen molar-refractivity contribution in [1.82, 2.24) is 10.2 Å². The van der Waals surface area contributed by atoms with Gasteiger partial charge in [0.25, 0.3) is 10.0 Å². The van der Waals surface area contributed by atoms with Crippen LogP contribution in [0.1, 0.15) is 24.5 Å². The van der Waals surface area contributed by atoms with Gasteiger partial charge in [-0.3, -0.25) is 13.9 Å². The lowest BCUT2D eigenvalue weighted by atomic mass is 10.1. The number of anilines is 1. The number of hydrogen-bond acceptors (Lipinski definition) is 4. The van der Waals surface area contributed by atoms with E-state index in [-0.39, 0.29) is 23.0 Å². The Hall–Kier alpha value is -3.72. The van der Waals surface area contributed by atoms with Crippen LogP contribution in [0.25, 0.3) is 0 Å². The maximum atomic E-state index is 13.7. The fourth-order valence-electron chi connectivity index (χ4n) is 3.95. The highest BCUT2D eigenvalue weighted by Gasteiger charge is 2.33. The van der Waals surface area contributed by atoms with E-state index in [0.29, 0.717) is 6.42 Å². The average Bonchev–Trinajstić information content (AvgIpc) is 2.87. The number of carbonyl (C=O) groups is 2. The van der Waals surface area contributed by atoms with Gasteiger partial charge >= 0.3 is 0 Å². The molecule has 0 heterocycles. The van der Waals surface area contributed by atoms with E-state index in [9.17, 15) is 22.4 Å². The molecule has 0 aromatic heterocycles. The molecule has 7 nitrogen and oxygen atoms in total. The number of nitrogens with one attached hydrogen (secondary N) is 1. The molecule has 190 valence electrons. The molecule has 2 amide bonds. The molecule has 0 aliphatic heterocycles. The lowest BCUT2D eigenvalue weighted by Crippen LogP contribution is -2.51. The number of sulfonamides is 1. The van der Waals surface area contributed by atoms with Crippen LogP contribution in [0.2, 0.25) is 0 Å². The Labute approximate surface area is 211 Å². The zero-order valence-corrected chi connectivity index (χ0v) is 21.3. The summed E-state index contributed by atoms with van der Waals surface area (Å²) in [7, 11) is -2.72. The third kappa shape index (κ3) is 6.28. The SMILES string of the molecule is CCC(C(=O)NC)N(Cc1cccc(C)c1)C(=O)CN(c1ccccc1)S(=O)(=O)c1ccc(F)cc1. The third-order valence-electron chi connectivity index (χ3n) is 5.79. The van der Waals surface area contributed by atoms with Gasteiger partial charge in [0.1, 0.15) is 18.4 Å². The minimum atomic E-state index is -4.22. The molecule has 36 heavy (non-hydrogen) atoms. The molecule has 0 spiro atoms. The Morgan fingerprint density at radius 3 is 2.22 bits per heavy atom. The maximum absolute atomic E-state index is 13.7. The molecule has 1 atom stereocenters. The van der Waals surface area contributed by atoms with Gasteiger partial charge in [0.2, 0.25) is 11.8 Å². The first kappa shape index (κ1) is 26.9. The zero-order chi connectivity index (χ0) is 26.3. The molecule has 3 rings (SSSR count). The first-order valence-corrected chi connectivity index (χ1v) is 13.0. The van der Waals surface area contributed by atoms with E-state index in [1.165, 1.54) is 11.9 Å². The van der Waals surface area contributed by atoms with E-state index in [4.69, 9.17) is 0 Å². The standard InChI is InChI=1S/C27H30FN3O4S/c1-4-25(27(33)29-3)30(18-21-10-8-9-20(2)17-21)26(32)19-31(23-11-6-5-7-12-23)36(34,35)24-15-13-22(28)14-16-24/h5-17,25H,4,18-19H2,1-3H3,(H,29,33). The summed E-state index contributed by atoms with van der Waals surface area (Å²) in [6.07, 6.45) is 0.341. The second kappa shape index (κ2) is 11.8. The minimum Gasteiger partial charge on any atom is -0.357 e. The smallest absolute Gasteiger partial charge is 0.264 e. The third-order valence-corrected chi connectivity index (χ3v) is 7.58. The summed E-state index contributed by atoms with van der Waals surface area (Å²) in [5.74, 6) is -1.45. The topological polar surface area (TPSA) is 86.8 Å². The lowest BCUT2D eigenvalue weighted by Gasteiger charge is -2.33. The van der Waals surface area contributed by atoms with Crippen molar-refractivity contribution in [2.45, 2.75) is 37.8 Å². The number of likely N-dealkylation sites (N-methyl/N-ethyl adjacent to an activating group) is 1. The van der Waals surface area contributed by atoms with Crippen LogP contribution in [0.4, 0.5) is 10.1 Å². The zero-order valence-electron chi connectivity index (χ0n) is 20.5. The van der Waals surface area contributed by atoms with Crippen molar-refractivity contribution in [2.75, 3.05) is 17.9 Å². The minimum absolute atomic E-state index is 0.131. The van der Waals surface area contributed by atoms with E-state index in [0.717, 1.165) is 39.7 Å². The van der Waals surface area contributed by atoms with Gasteiger partial charge in [-0.1, -0.05) is 55.0 Å². The molecule has 1 unspecified atom stereocenters. The molecular weight excluding hydrogens is 481 g/mol. The van der Waals surface area contributed by atoms with Crippen LogP contribution < -0.4 is 9.62 Å². The van der Waals surface area contributed by atoms with E-state index >= 15 is 0 Å². The normalized spacial score (nSPS) is 12.0. The van der Waals surface area contributed by atoms with E-state index in [2.05, 4.69) is 5.32 Å². The van der Waals surface area contributed by atoms with Crippen LogP contribution in [-0.2, 0) is 26.2 Å². The lowest BCUT2D eigenvalue weighted by molar-refractivity contribution is -0.140. The number of halogens is 1. The summed E-state index contributed by atoms with van der Waals surface area (Å²) in [6, 6.07) is 19.4. The molecule has 0 saturated carbocycles. The highest BCUT2D eigenvalue weighted by Crippen LogP contribution is 2.25. The quantitative estimate of drug-likeness (QED) is 0.448. The van der Waals surface area contributed by atoms with Gasteiger partial charge in [-0.05, 0) is 55.3 Å².